The molecule has 20 heavy (non-hydrogen) atoms. The molecule has 0 aliphatic heterocycles. The lowest BCUT2D eigenvalue weighted by Crippen LogP contribution is -2.47. The molecular weight excluding hydrogens is 273 g/mol. The molecule has 0 bridgehead atoms. The van der Waals surface area contributed by atoms with Crippen LogP contribution in [0, 0.1) is 0 Å². The van der Waals surface area contributed by atoms with Crippen LogP contribution in [-0.4, -0.2) is 34.4 Å². The van der Waals surface area contributed by atoms with Gasteiger partial charge in [0.25, 0.3) is 0 Å². The van der Waals surface area contributed by atoms with Crippen LogP contribution in [0.25, 0.3) is 0 Å². The van der Waals surface area contributed by atoms with Crippen LogP contribution in [0.1, 0.15) is 24.8 Å². The lowest BCUT2D eigenvalue weighted by molar-refractivity contribution is -0.264. The Morgan fingerprint density at radius 3 is 2.25 bits per heavy atom. The molecule has 1 unspecified atom stereocenters. The third-order valence-electron chi connectivity index (χ3n) is 3.08. The monoisotopic (exact) mass is 290 g/mol. The van der Waals surface area contributed by atoms with E-state index in [0.717, 1.165) is 5.56 Å². The molecule has 0 fully saturated rings. The number of rotatable bonds is 7. The summed E-state index contributed by atoms with van der Waals surface area (Å²) in [7, 11) is 0. The van der Waals surface area contributed by atoms with Gasteiger partial charge in [-0.3, -0.25) is 4.79 Å². The van der Waals surface area contributed by atoms with Crippen molar-refractivity contribution in [2.24, 2.45) is 0 Å². The third kappa shape index (κ3) is 4.61. The van der Waals surface area contributed by atoms with Crippen molar-refractivity contribution in [2.45, 2.75) is 37.5 Å². The van der Waals surface area contributed by atoms with Crippen LogP contribution in [0.15, 0.2) is 30.3 Å². The van der Waals surface area contributed by atoms with Crippen LogP contribution in [0.3, 0.4) is 0 Å². The summed E-state index contributed by atoms with van der Waals surface area (Å²) in [6, 6.07) is 8.90. The van der Waals surface area contributed by atoms with E-state index in [0.29, 0.717) is 6.42 Å². The molecule has 3 nitrogen and oxygen atoms in total. The largest absolute Gasteiger partial charge is 0.417 e. The van der Waals surface area contributed by atoms with Gasteiger partial charge in [0.2, 0.25) is 0 Å². The fourth-order valence-electron chi connectivity index (χ4n) is 1.86. The second-order valence-electron chi connectivity index (χ2n) is 4.70. The van der Waals surface area contributed by atoms with Crippen molar-refractivity contribution in [3.05, 3.63) is 35.9 Å². The van der Waals surface area contributed by atoms with Gasteiger partial charge in [0.1, 0.15) is 5.78 Å². The fourth-order valence-corrected chi connectivity index (χ4v) is 1.86. The number of aryl methyl sites for hydroxylation is 1. The van der Waals surface area contributed by atoms with Crippen molar-refractivity contribution in [3.8, 4) is 0 Å². The molecule has 0 aliphatic carbocycles. The average Bonchev–Trinajstić information content (AvgIpc) is 2.36. The van der Waals surface area contributed by atoms with E-state index in [1.54, 1.807) is 30.3 Å². The number of Topliss-reactive ketones (excluding diaryl/α,β-unsaturated/α-hetero) is 1. The molecule has 6 heteroatoms. The molecule has 0 spiro atoms. The molecule has 2 N–H and O–H groups in total. The molecular formula is C14H17F3O3. The van der Waals surface area contributed by atoms with Gasteiger partial charge >= 0.3 is 6.18 Å². The van der Waals surface area contributed by atoms with E-state index in [1.165, 1.54) is 0 Å². The van der Waals surface area contributed by atoms with E-state index >= 15 is 0 Å². The van der Waals surface area contributed by atoms with E-state index in [4.69, 9.17) is 5.11 Å². The second kappa shape index (κ2) is 6.85. The predicted molar refractivity (Wildman–Crippen MR) is 67.1 cm³/mol. The normalized spacial score (nSPS) is 14.8. The number of benzene rings is 1. The van der Waals surface area contributed by atoms with Crippen LogP contribution >= 0.6 is 0 Å². The van der Waals surface area contributed by atoms with Crippen LogP contribution < -0.4 is 0 Å². The topological polar surface area (TPSA) is 57.5 Å². The average molecular weight is 290 g/mol. The molecule has 0 aliphatic rings. The molecule has 0 aromatic heterocycles. The first-order valence-electron chi connectivity index (χ1n) is 6.24. The first-order chi connectivity index (χ1) is 9.28. The van der Waals surface area contributed by atoms with Gasteiger partial charge in [0.15, 0.2) is 5.60 Å². The van der Waals surface area contributed by atoms with E-state index in [9.17, 15) is 23.1 Å². The van der Waals surface area contributed by atoms with Crippen molar-refractivity contribution in [1.82, 2.24) is 0 Å². The third-order valence-corrected chi connectivity index (χ3v) is 3.08. The van der Waals surface area contributed by atoms with Gasteiger partial charge in [-0.05, 0) is 12.0 Å². The summed E-state index contributed by atoms with van der Waals surface area (Å²) in [5.41, 5.74) is -2.30. The van der Waals surface area contributed by atoms with Crippen molar-refractivity contribution >= 4 is 5.78 Å². The minimum absolute atomic E-state index is 0.0756. The van der Waals surface area contributed by atoms with E-state index < -0.39 is 37.0 Å². The number of halogens is 3. The quantitative estimate of drug-likeness (QED) is 0.810. The van der Waals surface area contributed by atoms with Crippen LogP contribution in [0.5, 0.6) is 0 Å². The Labute approximate surface area is 115 Å². The zero-order valence-corrected chi connectivity index (χ0v) is 10.9. The van der Waals surface area contributed by atoms with Gasteiger partial charge in [0, 0.05) is 25.9 Å². The molecule has 0 radical (unpaired) electrons. The highest BCUT2D eigenvalue weighted by molar-refractivity contribution is 5.79. The standard InChI is InChI=1S/C14H17F3O3/c15-14(16,17)13(20,8-9-18)10-12(19)7-6-11-4-2-1-3-5-11/h1-5,18,20H,6-10H2. The number of carbonyl (C=O) groups excluding carboxylic acids is 1. The Kier molecular flexibility index (Phi) is 5.71. The number of ketones is 1. The number of hydrogen-bond acceptors (Lipinski definition) is 3. The molecule has 1 aromatic rings. The zero-order valence-electron chi connectivity index (χ0n) is 10.9. The Morgan fingerprint density at radius 1 is 1.15 bits per heavy atom. The highest BCUT2D eigenvalue weighted by atomic mass is 19.4. The lowest BCUT2D eigenvalue weighted by Gasteiger charge is -2.29. The summed E-state index contributed by atoms with van der Waals surface area (Å²) in [5.74, 6) is -0.679. The molecule has 0 saturated carbocycles. The van der Waals surface area contributed by atoms with Crippen molar-refractivity contribution in [3.63, 3.8) is 0 Å². The van der Waals surface area contributed by atoms with Crippen LogP contribution in [0.2, 0.25) is 0 Å². The Balaban J connectivity index is 2.59. The Hall–Kier alpha value is -1.40. The Bertz CT molecular complexity index is 431. The van der Waals surface area contributed by atoms with Gasteiger partial charge in [-0.1, -0.05) is 30.3 Å². The first kappa shape index (κ1) is 16.7. The smallest absolute Gasteiger partial charge is 0.396 e. The number of hydrogen-bond donors (Lipinski definition) is 2. The second-order valence-corrected chi connectivity index (χ2v) is 4.70. The molecule has 0 heterocycles. The van der Waals surface area contributed by atoms with Crippen molar-refractivity contribution in [2.75, 3.05) is 6.61 Å². The summed E-state index contributed by atoms with van der Waals surface area (Å²) in [4.78, 5) is 11.6. The summed E-state index contributed by atoms with van der Waals surface area (Å²) in [6.45, 7) is -0.831. The maximum atomic E-state index is 12.7. The molecule has 1 atom stereocenters. The van der Waals surface area contributed by atoms with Crippen molar-refractivity contribution < 1.29 is 28.2 Å². The molecule has 112 valence electrons. The highest BCUT2D eigenvalue weighted by Crippen LogP contribution is 2.36. The molecule has 1 rings (SSSR count). The summed E-state index contributed by atoms with van der Waals surface area (Å²) < 4.78 is 38.1. The minimum atomic E-state index is -4.93. The van der Waals surface area contributed by atoms with Crippen molar-refractivity contribution in [1.29, 1.82) is 0 Å². The maximum Gasteiger partial charge on any atom is 0.417 e. The fraction of sp³-hybridized carbons (Fsp3) is 0.500. The van der Waals surface area contributed by atoms with E-state index in [2.05, 4.69) is 0 Å². The number of carbonyl (C=O) groups is 1. The summed E-state index contributed by atoms with van der Waals surface area (Å²) in [6.07, 6.45) is -6.60. The van der Waals surface area contributed by atoms with Crippen LogP contribution in [-0.2, 0) is 11.2 Å². The summed E-state index contributed by atoms with van der Waals surface area (Å²) >= 11 is 0. The molecule has 1 aromatic carbocycles. The summed E-state index contributed by atoms with van der Waals surface area (Å²) in [5, 5.41) is 18.1. The predicted octanol–water partition coefficient (Wildman–Crippen LogP) is 2.25. The molecule has 0 saturated heterocycles. The highest BCUT2D eigenvalue weighted by Gasteiger charge is 2.53. The van der Waals surface area contributed by atoms with Crippen LogP contribution in [0.4, 0.5) is 13.2 Å². The van der Waals surface area contributed by atoms with Gasteiger partial charge in [-0.15, -0.1) is 0 Å². The van der Waals surface area contributed by atoms with E-state index in [-0.39, 0.29) is 6.42 Å². The maximum absolute atomic E-state index is 12.7. The van der Waals surface area contributed by atoms with E-state index in [1.807, 2.05) is 0 Å². The Morgan fingerprint density at radius 2 is 1.75 bits per heavy atom. The SMILES string of the molecule is O=C(CCc1ccccc1)CC(O)(CCO)C(F)(F)F. The molecule has 0 amide bonds. The minimum Gasteiger partial charge on any atom is -0.396 e. The first-order valence-corrected chi connectivity index (χ1v) is 6.24. The van der Waals surface area contributed by atoms with Gasteiger partial charge < -0.3 is 10.2 Å². The number of alkyl halides is 3. The lowest BCUT2D eigenvalue weighted by atomic mass is 9.91. The number of aliphatic hydroxyl groups is 2. The number of aliphatic hydroxyl groups excluding tert-OH is 1. The van der Waals surface area contributed by atoms with Gasteiger partial charge in [0.05, 0.1) is 0 Å². The zero-order chi connectivity index (χ0) is 15.2. The van der Waals surface area contributed by atoms with Gasteiger partial charge in [-0.25, -0.2) is 0 Å². The van der Waals surface area contributed by atoms with Gasteiger partial charge in [-0.2, -0.15) is 13.2 Å².